The van der Waals surface area contributed by atoms with Crippen LogP contribution in [0.15, 0.2) is 155 Å². The second kappa shape index (κ2) is 15.6. The third-order valence-corrected chi connectivity index (χ3v) is 10.1. The summed E-state index contributed by atoms with van der Waals surface area (Å²) < 4.78 is 5.41. The summed E-state index contributed by atoms with van der Waals surface area (Å²) in [7, 11) is 0. The maximum absolute atomic E-state index is 13.6. The number of nitrogens with one attached hydrogen (secondary N) is 1. The van der Waals surface area contributed by atoms with E-state index in [4.69, 9.17) is 27.6 Å². The molecule has 1 aliphatic heterocycles. The number of likely N-dealkylation sites (tertiary alicyclic amines) is 1. The number of hydrogen-bond acceptors (Lipinski definition) is 6. The van der Waals surface area contributed by atoms with E-state index < -0.39 is 5.63 Å². The molecule has 2 amide bonds. The first-order valence-electron chi connectivity index (χ1n) is 17.7. The SMILES string of the molecule is O=C(Nc1ccc(Cl)cc1C(=O)N1CCCC1c1ccccn1)c1cccc2ccccc12.O=c1oc(-c2cccc3ccccc23)nc2ccc(Cl)cc12. The fourth-order valence-corrected chi connectivity index (χ4v) is 7.38. The van der Waals surface area contributed by atoms with Gasteiger partial charge in [-0.05, 0) is 95.1 Å². The average molecular weight is 764 g/mol. The summed E-state index contributed by atoms with van der Waals surface area (Å²) in [5.41, 5.74) is 3.17. The largest absolute Gasteiger partial charge is 0.403 e. The van der Waals surface area contributed by atoms with Crippen LogP contribution >= 0.6 is 23.2 Å². The first kappa shape index (κ1) is 35.7. The number of anilines is 1. The number of fused-ring (bicyclic) bond motifs is 3. The van der Waals surface area contributed by atoms with Crippen LogP contribution in [-0.2, 0) is 0 Å². The predicted molar refractivity (Wildman–Crippen MR) is 219 cm³/mol. The highest BCUT2D eigenvalue weighted by molar-refractivity contribution is 6.31. The summed E-state index contributed by atoms with van der Waals surface area (Å²) in [6.07, 6.45) is 3.48. The van der Waals surface area contributed by atoms with Gasteiger partial charge >= 0.3 is 5.63 Å². The number of carbonyl (C=O) groups excluding carboxylic acids is 2. The van der Waals surface area contributed by atoms with Crippen molar-refractivity contribution in [3.63, 3.8) is 0 Å². The molecular formula is C45H32Cl2N4O4. The van der Waals surface area contributed by atoms with E-state index in [0.717, 1.165) is 45.6 Å². The van der Waals surface area contributed by atoms with Crippen molar-refractivity contribution in [2.75, 3.05) is 11.9 Å². The van der Waals surface area contributed by atoms with Crippen molar-refractivity contribution in [3.05, 3.63) is 183 Å². The van der Waals surface area contributed by atoms with Crippen molar-refractivity contribution < 1.29 is 14.0 Å². The Morgan fingerprint density at radius 1 is 0.709 bits per heavy atom. The lowest BCUT2D eigenvalue weighted by Gasteiger charge is -2.25. The van der Waals surface area contributed by atoms with Crippen molar-refractivity contribution in [1.82, 2.24) is 14.9 Å². The van der Waals surface area contributed by atoms with Crippen LogP contribution in [0.2, 0.25) is 10.0 Å². The van der Waals surface area contributed by atoms with E-state index in [2.05, 4.69) is 15.3 Å². The van der Waals surface area contributed by atoms with Crippen LogP contribution in [0.5, 0.6) is 0 Å². The standard InChI is InChI=1S/C27H22ClN3O2.C18H10ClNO2/c28-19-13-14-23(30-26(32)21-10-5-8-18-7-1-2-9-20(18)21)22(17-19)27(33)31-16-6-12-25(31)24-11-3-4-15-29-24;19-12-8-9-16-15(10-12)18(21)22-17(20-16)14-7-3-5-11-4-1-2-6-13(11)14/h1-5,7-11,13-15,17,25H,6,12,16H2,(H,30,32);1-10H. The molecule has 270 valence electrons. The molecule has 55 heavy (non-hydrogen) atoms. The normalized spacial score (nSPS) is 13.8. The number of carbonyl (C=O) groups is 2. The second-order valence-corrected chi connectivity index (χ2v) is 13.9. The third kappa shape index (κ3) is 7.42. The summed E-state index contributed by atoms with van der Waals surface area (Å²) in [4.78, 5) is 49.8. The molecule has 1 atom stereocenters. The van der Waals surface area contributed by atoms with Crippen molar-refractivity contribution >= 4 is 73.2 Å². The molecule has 0 aliphatic carbocycles. The van der Waals surface area contributed by atoms with E-state index in [-0.39, 0.29) is 17.9 Å². The van der Waals surface area contributed by atoms with E-state index in [1.165, 1.54) is 0 Å². The minimum Gasteiger partial charge on any atom is -0.403 e. The molecule has 10 heteroatoms. The van der Waals surface area contributed by atoms with Gasteiger partial charge < -0.3 is 14.6 Å². The van der Waals surface area contributed by atoms with Gasteiger partial charge in [0.2, 0.25) is 5.89 Å². The zero-order chi connectivity index (χ0) is 37.9. The molecule has 0 saturated carbocycles. The summed E-state index contributed by atoms with van der Waals surface area (Å²) in [5.74, 6) is -0.124. The van der Waals surface area contributed by atoms with Crippen molar-refractivity contribution in [1.29, 1.82) is 0 Å². The smallest absolute Gasteiger partial charge is 0.347 e. The quantitative estimate of drug-likeness (QED) is 0.187. The number of aromatic nitrogens is 2. The highest BCUT2D eigenvalue weighted by Crippen LogP contribution is 2.34. The Balaban J connectivity index is 0.000000168. The first-order chi connectivity index (χ1) is 26.8. The molecule has 0 spiro atoms. The fraction of sp³-hybridized carbons (Fsp3) is 0.0889. The van der Waals surface area contributed by atoms with E-state index in [1.807, 2.05) is 102 Å². The van der Waals surface area contributed by atoms with Crippen LogP contribution < -0.4 is 10.9 Å². The lowest BCUT2D eigenvalue weighted by molar-refractivity contribution is 0.0734. The number of pyridine rings is 1. The Hall–Kier alpha value is -6.35. The lowest BCUT2D eigenvalue weighted by Crippen LogP contribution is -2.32. The van der Waals surface area contributed by atoms with Crippen LogP contribution in [0.1, 0.15) is 45.3 Å². The maximum Gasteiger partial charge on any atom is 0.347 e. The van der Waals surface area contributed by atoms with Crippen molar-refractivity contribution in [3.8, 4) is 11.5 Å². The van der Waals surface area contributed by atoms with Crippen molar-refractivity contribution in [2.45, 2.75) is 18.9 Å². The first-order valence-corrected chi connectivity index (χ1v) is 18.5. The van der Waals surface area contributed by atoms with Gasteiger partial charge in [-0.15, -0.1) is 0 Å². The number of hydrogen-bond donors (Lipinski definition) is 1. The Morgan fingerprint density at radius 2 is 1.40 bits per heavy atom. The number of nitrogens with zero attached hydrogens (tertiary/aromatic N) is 3. The molecule has 6 aromatic carbocycles. The van der Waals surface area contributed by atoms with Gasteiger partial charge in [0.15, 0.2) is 0 Å². The lowest BCUT2D eigenvalue weighted by atomic mass is 10.0. The van der Waals surface area contributed by atoms with Gasteiger partial charge in [0.05, 0.1) is 33.9 Å². The molecule has 1 N–H and O–H groups in total. The monoisotopic (exact) mass is 762 g/mol. The van der Waals surface area contributed by atoms with E-state index in [9.17, 15) is 14.4 Å². The fourth-order valence-electron chi connectivity index (χ4n) is 7.03. The van der Waals surface area contributed by atoms with Gasteiger partial charge in [-0.1, -0.05) is 102 Å². The molecule has 1 aliphatic rings. The van der Waals surface area contributed by atoms with Crippen LogP contribution in [0.25, 0.3) is 43.9 Å². The number of rotatable bonds is 5. The van der Waals surface area contributed by atoms with Crippen LogP contribution in [0.3, 0.4) is 0 Å². The number of amides is 2. The summed E-state index contributed by atoms with van der Waals surface area (Å²) in [6.45, 7) is 0.628. The predicted octanol–water partition coefficient (Wildman–Crippen LogP) is 10.8. The molecular weight excluding hydrogens is 731 g/mol. The van der Waals surface area contributed by atoms with E-state index >= 15 is 0 Å². The van der Waals surface area contributed by atoms with E-state index in [1.54, 1.807) is 48.7 Å². The maximum atomic E-state index is 13.6. The number of halogens is 2. The minimum absolute atomic E-state index is 0.0979. The molecule has 1 saturated heterocycles. The molecule has 9 rings (SSSR count). The average Bonchev–Trinajstić information content (AvgIpc) is 3.72. The van der Waals surface area contributed by atoms with Crippen molar-refractivity contribution in [2.24, 2.45) is 0 Å². The molecule has 1 fully saturated rings. The van der Waals surface area contributed by atoms with Gasteiger partial charge in [-0.25, -0.2) is 9.78 Å². The highest BCUT2D eigenvalue weighted by atomic mass is 35.5. The van der Waals surface area contributed by atoms with Gasteiger partial charge in [0.1, 0.15) is 0 Å². The number of benzene rings is 6. The third-order valence-electron chi connectivity index (χ3n) is 9.65. The van der Waals surface area contributed by atoms with Gasteiger partial charge in [-0.2, -0.15) is 0 Å². The van der Waals surface area contributed by atoms with Gasteiger partial charge in [0.25, 0.3) is 11.8 Å². The molecule has 8 nitrogen and oxygen atoms in total. The molecule has 0 bridgehead atoms. The van der Waals surface area contributed by atoms with E-state index in [0.29, 0.717) is 50.2 Å². The molecule has 8 aromatic rings. The summed E-state index contributed by atoms with van der Waals surface area (Å²) >= 11 is 12.2. The second-order valence-electron chi connectivity index (χ2n) is 13.1. The van der Waals surface area contributed by atoms with Crippen LogP contribution in [0.4, 0.5) is 5.69 Å². The molecule has 3 heterocycles. The molecule has 1 unspecified atom stereocenters. The summed E-state index contributed by atoms with van der Waals surface area (Å²) in [6, 6.07) is 42.7. The zero-order valence-corrected chi connectivity index (χ0v) is 30.8. The minimum atomic E-state index is -0.435. The van der Waals surface area contributed by atoms with Gasteiger partial charge in [0, 0.05) is 33.9 Å². The molecule has 0 radical (unpaired) electrons. The highest BCUT2D eigenvalue weighted by Gasteiger charge is 2.33. The van der Waals surface area contributed by atoms with Gasteiger partial charge in [-0.3, -0.25) is 14.6 Å². The van der Waals surface area contributed by atoms with Crippen LogP contribution in [0, 0.1) is 0 Å². The molecule has 2 aromatic heterocycles. The Morgan fingerprint density at radius 3 is 2.20 bits per heavy atom. The topological polar surface area (TPSA) is 105 Å². The Bertz CT molecular complexity index is 2780. The summed E-state index contributed by atoms with van der Waals surface area (Å²) in [5, 5.41) is 8.16. The zero-order valence-electron chi connectivity index (χ0n) is 29.3. The Labute approximate surface area is 326 Å². The Kier molecular flexibility index (Phi) is 10.1. The van der Waals surface area contributed by atoms with Crippen LogP contribution in [-0.4, -0.2) is 33.2 Å².